The second-order valence-corrected chi connectivity index (χ2v) is 14.1. The number of aliphatic hydroxyl groups is 1. The molecule has 4 aromatic rings. The van der Waals surface area contributed by atoms with Crippen molar-refractivity contribution in [1.82, 2.24) is 14.2 Å². The van der Waals surface area contributed by atoms with E-state index in [4.69, 9.17) is 18.5 Å². The minimum atomic E-state index is -1.25. The van der Waals surface area contributed by atoms with Gasteiger partial charge in [0.1, 0.15) is 6.23 Å². The molecule has 0 aliphatic carbocycles. The monoisotopic (exact) mass is 666 g/mol. The molecular formula is C34H43N4O6PS. The molecule has 0 bridgehead atoms. The SMILES string of the molecule is CC(C)N(C(C)C)P(OCCC#N)OSCc1c2ccccc2cc2ccccc12.Cc1cn([C@H]2C[C@H](O)[C@@H](C)O2)c(=O)[nH]c1=O. The molecule has 0 saturated carbocycles. The van der Waals surface area contributed by atoms with E-state index in [2.05, 4.69) is 98.0 Å². The van der Waals surface area contributed by atoms with Crippen LogP contribution >= 0.6 is 20.6 Å². The molecule has 1 aromatic heterocycles. The molecule has 10 nitrogen and oxygen atoms in total. The van der Waals surface area contributed by atoms with Crippen LogP contribution in [0.4, 0.5) is 0 Å². The molecule has 0 amide bonds. The van der Waals surface area contributed by atoms with Gasteiger partial charge < -0.3 is 14.4 Å². The third kappa shape index (κ3) is 8.84. The van der Waals surface area contributed by atoms with Gasteiger partial charge in [-0.2, -0.15) is 5.26 Å². The zero-order chi connectivity index (χ0) is 33.4. The number of fused-ring (bicyclic) bond motifs is 2. The lowest BCUT2D eigenvalue weighted by atomic mass is 9.98. The van der Waals surface area contributed by atoms with Crippen LogP contribution in [0.5, 0.6) is 0 Å². The summed E-state index contributed by atoms with van der Waals surface area (Å²) in [5.41, 5.74) is 0.813. The van der Waals surface area contributed by atoms with Gasteiger partial charge in [0.2, 0.25) is 0 Å². The summed E-state index contributed by atoms with van der Waals surface area (Å²) >= 11 is 1.44. The highest BCUT2D eigenvalue weighted by Crippen LogP contribution is 2.50. The second-order valence-electron chi connectivity index (χ2n) is 11.8. The standard InChI is InChI=1S/C24H29N2O2PS.C10H14N2O4/c1-18(2)26(19(3)4)29(27-15-9-14-25)28-30-17-24-22-12-7-5-10-20(22)16-21-11-6-8-13-23(21)24;1-5-4-12(10(15)11-9(5)14)8-3-7(13)6(2)16-8/h5-8,10-13,16,18-19H,9,15,17H2,1-4H3;4,6-8,13H,3H2,1-2H3,(H,11,14,15)/t;6-,7+,8-/m.1/s1. The number of nitrogens with zero attached hydrogens (tertiary/aromatic N) is 3. The van der Waals surface area contributed by atoms with Crippen LogP contribution in [-0.4, -0.2) is 50.2 Å². The van der Waals surface area contributed by atoms with E-state index in [1.165, 1.54) is 49.9 Å². The van der Waals surface area contributed by atoms with E-state index in [9.17, 15) is 14.7 Å². The van der Waals surface area contributed by atoms with E-state index in [1.807, 2.05) is 0 Å². The highest BCUT2D eigenvalue weighted by Gasteiger charge is 2.32. The van der Waals surface area contributed by atoms with Crippen molar-refractivity contribution in [2.24, 2.45) is 0 Å². The van der Waals surface area contributed by atoms with E-state index < -0.39 is 32.1 Å². The summed E-state index contributed by atoms with van der Waals surface area (Å²) in [4.78, 5) is 24.9. The number of nitrogens with one attached hydrogen (secondary N) is 1. The van der Waals surface area contributed by atoms with Crippen LogP contribution in [0, 0.1) is 18.3 Å². The summed E-state index contributed by atoms with van der Waals surface area (Å²) in [6.45, 7) is 12.3. The maximum absolute atomic E-state index is 11.5. The Hall–Kier alpha value is -3.07. The fraction of sp³-hybridized carbons (Fsp3) is 0.441. The number of aromatic nitrogens is 2. The highest BCUT2D eigenvalue weighted by atomic mass is 32.2. The van der Waals surface area contributed by atoms with Crippen molar-refractivity contribution in [3.05, 3.63) is 92.8 Å². The Morgan fingerprint density at radius 2 is 1.72 bits per heavy atom. The van der Waals surface area contributed by atoms with Crippen LogP contribution in [-0.2, 0) is 19.0 Å². The molecule has 1 aliphatic rings. The predicted octanol–water partition coefficient (Wildman–Crippen LogP) is 6.95. The maximum atomic E-state index is 11.5. The smallest absolute Gasteiger partial charge is 0.330 e. The van der Waals surface area contributed by atoms with Crippen molar-refractivity contribution in [3.8, 4) is 6.07 Å². The molecule has 5 rings (SSSR count). The van der Waals surface area contributed by atoms with Crippen molar-refractivity contribution in [2.75, 3.05) is 6.61 Å². The molecule has 46 heavy (non-hydrogen) atoms. The summed E-state index contributed by atoms with van der Waals surface area (Å²) < 4.78 is 21.2. The summed E-state index contributed by atoms with van der Waals surface area (Å²) in [5.74, 6) is 0.729. The zero-order valence-electron chi connectivity index (χ0n) is 27.2. The van der Waals surface area contributed by atoms with Gasteiger partial charge in [0.15, 0.2) is 0 Å². The number of aromatic amines is 1. The average Bonchev–Trinajstić information content (AvgIpc) is 3.35. The summed E-state index contributed by atoms with van der Waals surface area (Å²) in [7, 11) is -1.25. The van der Waals surface area contributed by atoms with Gasteiger partial charge in [-0.1, -0.05) is 48.5 Å². The molecule has 1 unspecified atom stereocenters. The van der Waals surface area contributed by atoms with E-state index in [0.29, 0.717) is 25.0 Å². The number of ether oxygens (including phenoxy) is 1. The number of aliphatic hydroxyl groups excluding tert-OH is 1. The Morgan fingerprint density at radius 3 is 2.26 bits per heavy atom. The first-order valence-electron chi connectivity index (χ1n) is 15.4. The van der Waals surface area contributed by atoms with Crippen molar-refractivity contribution >= 4 is 42.1 Å². The lowest BCUT2D eigenvalue weighted by Crippen LogP contribution is -2.33. The molecule has 246 valence electrons. The van der Waals surface area contributed by atoms with E-state index in [1.54, 1.807) is 13.8 Å². The van der Waals surface area contributed by atoms with Gasteiger partial charge in [0.05, 0.1) is 31.3 Å². The normalized spacial score (nSPS) is 18.7. The molecule has 2 heterocycles. The van der Waals surface area contributed by atoms with Gasteiger partial charge in [0.25, 0.3) is 14.1 Å². The first-order valence-corrected chi connectivity index (χ1v) is 17.5. The van der Waals surface area contributed by atoms with Crippen LogP contribution in [0.25, 0.3) is 21.5 Å². The lowest BCUT2D eigenvalue weighted by molar-refractivity contribution is -0.0102. The zero-order valence-corrected chi connectivity index (χ0v) is 28.9. The van der Waals surface area contributed by atoms with Crippen LogP contribution in [0.2, 0.25) is 0 Å². The van der Waals surface area contributed by atoms with Gasteiger partial charge in [-0.25, -0.2) is 9.46 Å². The average molecular weight is 667 g/mol. The Bertz CT molecular complexity index is 1700. The summed E-state index contributed by atoms with van der Waals surface area (Å²) in [5, 5.41) is 23.4. The third-order valence-corrected chi connectivity index (χ3v) is 10.7. The molecule has 2 N–H and O–H groups in total. The molecule has 3 aromatic carbocycles. The van der Waals surface area contributed by atoms with Gasteiger partial charge in [-0.05, 0) is 74.7 Å². The lowest BCUT2D eigenvalue weighted by Gasteiger charge is -2.34. The minimum Gasteiger partial charge on any atom is -0.390 e. The Balaban J connectivity index is 0.000000252. The van der Waals surface area contributed by atoms with Crippen LogP contribution in [0.3, 0.4) is 0 Å². The summed E-state index contributed by atoms with van der Waals surface area (Å²) in [6.07, 6.45) is 0.787. The second kappa shape index (κ2) is 16.7. The van der Waals surface area contributed by atoms with E-state index in [0.717, 1.165) is 5.75 Å². The fourth-order valence-electron chi connectivity index (χ4n) is 5.43. The number of hydrogen-bond donors (Lipinski definition) is 2. The topological polar surface area (TPSA) is 130 Å². The van der Waals surface area contributed by atoms with Crippen LogP contribution in [0.15, 0.2) is 70.4 Å². The van der Waals surface area contributed by atoms with E-state index >= 15 is 0 Å². The first kappa shape index (κ1) is 35.8. The Labute approximate surface area is 275 Å². The van der Waals surface area contributed by atoms with Crippen molar-refractivity contribution in [3.63, 3.8) is 0 Å². The molecule has 1 saturated heterocycles. The van der Waals surface area contributed by atoms with Gasteiger partial charge in [-0.3, -0.25) is 18.3 Å². The van der Waals surface area contributed by atoms with Gasteiger partial charge in [0, 0.05) is 48.1 Å². The first-order chi connectivity index (χ1) is 22.0. The third-order valence-electron chi connectivity index (χ3n) is 7.68. The molecule has 1 fully saturated rings. The fourth-order valence-corrected chi connectivity index (χ4v) is 8.05. The van der Waals surface area contributed by atoms with E-state index in [-0.39, 0.29) is 18.2 Å². The molecule has 0 radical (unpaired) electrons. The van der Waals surface area contributed by atoms with Crippen molar-refractivity contribution < 1.29 is 18.3 Å². The number of H-pyrrole nitrogens is 1. The minimum absolute atomic E-state index is 0.289. The maximum Gasteiger partial charge on any atom is 0.330 e. The predicted molar refractivity (Wildman–Crippen MR) is 185 cm³/mol. The van der Waals surface area contributed by atoms with Crippen molar-refractivity contribution in [2.45, 2.75) is 90.7 Å². The largest absolute Gasteiger partial charge is 0.390 e. The van der Waals surface area contributed by atoms with Gasteiger partial charge >= 0.3 is 5.69 Å². The molecule has 1 aliphatic heterocycles. The molecular weight excluding hydrogens is 623 g/mol. The number of aryl methyl sites for hydroxylation is 1. The molecule has 0 spiro atoms. The van der Waals surface area contributed by atoms with Crippen LogP contribution < -0.4 is 11.2 Å². The highest BCUT2D eigenvalue weighted by molar-refractivity contribution is 7.97. The number of benzene rings is 3. The van der Waals surface area contributed by atoms with Crippen molar-refractivity contribution in [1.29, 1.82) is 5.26 Å². The number of hydrogen-bond acceptors (Lipinski definition) is 9. The van der Waals surface area contributed by atoms with Crippen LogP contribution in [0.1, 0.15) is 64.8 Å². The molecule has 12 heteroatoms. The summed E-state index contributed by atoms with van der Waals surface area (Å²) in [6, 6.07) is 22.0. The molecule has 4 atom stereocenters. The number of nitriles is 1. The Morgan fingerprint density at radius 1 is 1.11 bits per heavy atom. The number of rotatable bonds is 11. The Kier molecular flexibility index (Phi) is 13.0. The van der Waals surface area contributed by atoms with Gasteiger partial charge in [-0.15, -0.1) is 0 Å². The quantitative estimate of drug-likeness (QED) is 0.0756.